The molecule has 0 heterocycles. The number of carbonyl (C=O) groups is 3. The van der Waals surface area contributed by atoms with Crippen molar-refractivity contribution in [3.63, 3.8) is 0 Å². The highest BCUT2D eigenvalue weighted by molar-refractivity contribution is 6.31. The van der Waals surface area contributed by atoms with Crippen molar-refractivity contribution in [3.8, 4) is 0 Å². The molecule has 2 amide bonds. The zero-order valence-corrected chi connectivity index (χ0v) is 21.9. The highest BCUT2D eigenvalue weighted by Crippen LogP contribution is 2.23. The molecule has 0 bridgehead atoms. The van der Waals surface area contributed by atoms with Gasteiger partial charge in [0.15, 0.2) is 0 Å². The van der Waals surface area contributed by atoms with Crippen LogP contribution in [0, 0.1) is 0 Å². The Morgan fingerprint density at radius 3 is 1.92 bits per heavy atom. The molecule has 0 unspecified atom stereocenters. The van der Waals surface area contributed by atoms with Gasteiger partial charge in [0.05, 0.1) is 6.04 Å². The van der Waals surface area contributed by atoms with E-state index >= 15 is 0 Å². The van der Waals surface area contributed by atoms with Crippen LogP contribution in [-0.4, -0.2) is 34.3 Å². The maximum absolute atomic E-state index is 12.5. The summed E-state index contributed by atoms with van der Waals surface area (Å²) >= 11 is 0. The number of nitrogens with zero attached hydrogens (tertiary/aromatic N) is 1. The second kappa shape index (κ2) is 16.5. The first-order valence-corrected chi connectivity index (χ1v) is 13.4. The van der Waals surface area contributed by atoms with Gasteiger partial charge < -0.3 is 15.3 Å². The fourth-order valence-electron chi connectivity index (χ4n) is 4.29. The van der Waals surface area contributed by atoms with E-state index in [4.69, 9.17) is 0 Å². The number of unbranched alkanes of at least 4 members (excludes halogenated alkanes) is 9. The van der Waals surface area contributed by atoms with Crippen LogP contribution in [0.4, 0.5) is 0 Å². The number of carbonyl (C=O) groups excluding carboxylic acids is 2. The van der Waals surface area contributed by atoms with Gasteiger partial charge in [0.25, 0.3) is 5.91 Å². The van der Waals surface area contributed by atoms with Crippen molar-refractivity contribution in [2.24, 2.45) is 0 Å². The topological polar surface area (TPSA) is 86.7 Å². The molecule has 2 aromatic rings. The fraction of sp³-hybridized carbons (Fsp3) is 0.500. The smallest absolute Gasteiger partial charge is 0.394 e. The minimum Gasteiger partial charge on any atom is -0.474 e. The lowest BCUT2D eigenvalue weighted by Gasteiger charge is -2.28. The van der Waals surface area contributed by atoms with E-state index in [0.717, 1.165) is 24.0 Å². The minimum atomic E-state index is -1.49. The van der Waals surface area contributed by atoms with Crippen LogP contribution in [0.5, 0.6) is 0 Å². The molecule has 0 aliphatic carbocycles. The molecule has 0 saturated carbocycles. The number of carboxylic acid groups (broad SMARTS) is 1. The summed E-state index contributed by atoms with van der Waals surface area (Å²) in [4.78, 5) is 37.6. The normalized spacial score (nSPS) is 11.6. The van der Waals surface area contributed by atoms with Crippen molar-refractivity contribution < 1.29 is 19.5 Å². The summed E-state index contributed by atoms with van der Waals surface area (Å²) in [6.07, 6.45) is 12.6. The Morgan fingerprint density at radius 1 is 0.806 bits per heavy atom. The van der Waals surface area contributed by atoms with E-state index in [2.05, 4.69) is 12.2 Å². The lowest BCUT2D eigenvalue weighted by atomic mass is 10.0. The first kappa shape index (κ1) is 29.1. The number of carboxylic acids is 1. The van der Waals surface area contributed by atoms with E-state index in [-0.39, 0.29) is 12.5 Å². The van der Waals surface area contributed by atoms with Gasteiger partial charge in [-0.15, -0.1) is 0 Å². The summed E-state index contributed by atoms with van der Waals surface area (Å²) in [7, 11) is 0. The molecule has 0 fully saturated rings. The predicted molar refractivity (Wildman–Crippen MR) is 144 cm³/mol. The SMILES string of the molecule is CCCCCCCCCCCCNC(=O)c1ccc(CN(C(=O)C(=O)O)[C@@H](C)c2ccccc2)cc1. The van der Waals surface area contributed by atoms with E-state index in [0.29, 0.717) is 12.1 Å². The molecule has 36 heavy (non-hydrogen) atoms. The maximum atomic E-state index is 12.5. The molecule has 6 nitrogen and oxygen atoms in total. The zero-order chi connectivity index (χ0) is 26.2. The molecule has 0 radical (unpaired) electrons. The molecule has 0 saturated heterocycles. The standard InChI is InChI=1S/C30H42N2O4/c1-3-4-5-6-7-8-9-10-11-15-22-31-28(33)27-20-18-25(19-21-27)23-32(29(34)30(35)36)24(2)26-16-13-12-14-17-26/h12-14,16-21,24H,3-11,15,22-23H2,1-2H3,(H,31,33)(H,35,36)/t24-/m0/s1. The van der Waals surface area contributed by atoms with Gasteiger partial charge in [-0.2, -0.15) is 0 Å². The second-order valence-electron chi connectivity index (χ2n) is 9.46. The van der Waals surface area contributed by atoms with Crippen LogP contribution < -0.4 is 5.32 Å². The first-order valence-electron chi connectivity index (χ1n) is 13.4. The van der Waals surface area contributed by atoms with E-state index in [1.54, 1.807) is 24.3 Å². The highest BCUT2D eigenvalue weighted by Gasteiger charge is 2.26. The lowest BCUT2D eigenvalue weighted by Crippen LogP contribution is -2.38. The van der Waals surface area contributed by atoms with Crippen LogP contribution in [0.2, 0.25) is 0 Å². The third-order valence-electron chi connectivity index (χ3n) is 6.58. The Labute approximate surface area is 216 Å². The molecule has 0 aliphatic heterocycles. The number of benzene rings is 2. The molecule has 6 heteroatoms. The third kappa shape index (κ3) is 10.2. The first-order chi connectivity index (χ1) is 17.4. The predicted octanol–water partition coefficient (Wildman–Crippen LogP) is 6.51. The van der Waals surface area contributed by atoms with Gasteiger partial charge >= 0.3 is 11.9 Å². The fourth-order valence-corrected chi connectivity index (χ4v) is 4.29. The number of amides is 2. The van der Waals surface area contributed by atoms with Gasteiger partial charge in [-0.1, -0.05) is 107 Å². The van der Waals surface area contributed by atoms with Gasteiger partial charge in [-0.25, -0.2) is 4.79 Å². The summed E-state index contributed by atoms with van der Waals surface area (Å²) in [5.41, 5.74) is 2.17. The maximum Gasteiger partial charge on any atom is 0.394 e. The average molecular weight is 495 g/mol. The van der Waals surface area contributed by atoms with Crippen LogP contribution >= 0.6 is 0 Å². The quantitative estimate of drug-likeness (QED) is 0.206. The van der Waals surface area contributed by atoms with Crippen LogP contribution in [0.25, 0.3) is 0 Å². The number of rotatable bonds is 16. The van der Waals surface area contributed by atoms with E-state index in [9.17, 15) is 19.5 Å². The molecular formula is C30H42N2O4. The lowest BCUT2D eigenvalue weighted by molar-refractivity contribution is -0.157. The van der Waals surface area contributed by atoms with Gasteiger partial charge in [-0.3, -0.25) is 9.59 Å². The van der Waals surface area contributed by atoms with Crippen molar-refractivity contribution in [2.75, 3.05) is 6.54 Å². The van der Waals surface area contributed by atoms with Crippen molar-refractivity contribution in [1.82, 2.24) is 10.2 Å². The van der Waals surface area contributed by atoms with Gasteiger partial charge in [0.2, 0.25) is 0 Å². The largest absolute Gasteiger partial charge is 0.474 e. The molecule has 2 rings (SSSR count). The average Bonchev–Trinajstić information content (AvgIpc) is 2.90. The van der Waals surface area contributed by atoms with Crippen molar-refractivity contribution in [2.45, 2.75) is 90.6 Å². The van der Waals surface area contributed by atoms with Gasteiger partial charge in [0.1, 0.15) is 0 Å². The van der Waals surface area contributed by atoms with Crippen molar-refractivity contribution in [3.05, 3.63) is 71.3 Å². The monoisotopic (exact) mass is 494 g/mol. The van der Waals surface area contributed by atoms with Crippen LogP contribution in [0.3, 0.4) is 0 Å². The summed E-state index contributed by atoms with van der Waals surface area (Å²) < 4.78 is 0. The molecule has 196 valence electrons. The molecule has 2 N–H and O–H groups in total. The molecule has 0 aliphatic rings. The van der Waals surface area contributed by atoms with E-state index in [1.807, 2.05) is 37.3 Å². The number of nitrogens with one attached hydrogen (secondary N) is 1. The van der Waals surface area contributed by atoms with E-state index < -0.39 is 17.9 Å². The van der Waals surface area contributed by atoms with E-state index in [1.165, 1.54) is 56.3 Å². The number of hydrogen-bond acceptors (Lipinski definition) is 3. The Kier molecular flexibility index (Phi) is 13.3. The van der Waals surface area contributed by atoms with Crippen LogP contribution in [0.15, 0.2) is 54.6 Å². The van der Waals surface area contributed by atoms with Gasteiger partial charge in [0, 0.05) is 18.7 Å². The minimum absolute atomic E-state index is 0.117. The summed E-state index contributed by atoms with van der Waals surface area (Å²) in [6, 6.07) is 15.9. The number of aliphatic carboxylic acids is 1. The molecule has 2 aromatic carbocycles. The molecule has 0 spiro atoms. The second-order valence-corrected chi connectivity index (χ2v) is 9.46. The van der Waals surface area contributed by atoms with Gasteiger partial charge in [-0.05, 0) is 36.6 Å². The van der Waals surface area contributed by atoms with Crippen molar-refractivity contribution in [1.29, 1.82) is 0 Å². The molecule has 1 atom stereocenters. The zero-order valence-electron chi connectivity index (χ0n) is 21.9. The number of hydrogen-bond donors (Lipinski definition) is 2. The Bertz CT molecular complexity index is 928. The Balaban J connectivity index is 1.78. The summed E-state index contributed by atoms with van der Waals surface area (Å²) in [6.45, 7) is 4.85. The highest BCUT2D eigenvalue weighted by atomic mass is 16.4. The Hall–Kier alpha value is -3.15. The van der Waals surface area contributed by atoms with Crippen LogP contribution in [0.1, 0.15) is 106 Å². The molecule has 0 aromatic heterocycles. The van der Waals surface area contributed by atoms with Crippen LogP contribution in [-0.2, 0) is 16.1 Å². The summed E-state index contributed by atoms with van der Waals surface area (Å²) in [5.74, 6) is -2.56. The Morgan fingerprint density at radius 2 is 1.36 bits per heavy atom. The third-order valence-corrected chi connectivity index (χ3v) is 6.58. The summed E-state index contributed by atoms with van der Waals surface area (Å²) in [5, 5.41) is 12.3. The van der Waals surface area contributed by atoms with Crippen molar-refractivity contribution >= 4 is 17.8 Å². The molecular weight excluding hydrogens is 452 g/mol.